The van der Waals surface area contributed by atoms with Crippen LogP contribution >= 0.6 is 23.8 Å². The molecule has 1 heterocycles. The maximum atomic E-state index is 10.3. The van der Waals surface area contributed by atoms with Gasteiger partial charge in [0, 0.05) is 16.3 Å². The smallest absolute Gasteiger partial charge is 0.267 e. The van der Waals surface area contributed by atoms with Crippen molar-refractivity contribution in [1.82, 2.24) is 0 Å². The third-order valence-electron chi connectivity index (χ3n) is 3.19. The van der Waals surface area contributed by atoms with E-state index in [2.05, 4.69) is 5.32 Å². The minimum Gasteiger partial charge on any atom is -0.502 e. The van der Waals surface area contributed by atoms with Crippen LogP contribution in [-0.4, -0.2) is 10.3 Å². The van der Waals surface area contributed by atoms with E-state index >= 15 is 0 Å². The van der Waals surface area contributed by atoms with Crippen molar-refractivity contribution in [3.63, 3.8) is 0 Å². The normalized spacial score (nSPS) is 10.4. The Hall–Kier alpha value is -2.70. The molecule has 0 saturated carbocycles. The number of ether oxygens (including phenoxy) is 1. The summed E-state index contributed by atoms with van der Waals surface area (Å²) < 4.78 is 10.8. The second kappa shape index (κ2) is 6.82. The molecule has 7 heteroatoms. The Labute approximate surface area is 148 Å². The van der Waals surface area contributed by atoms with Gasteiger partial charge in [-0.3, -0.25) is 0 Å². The van der Waals surface area contributed by atoms with Gasteiger partial charge in [0.2, 0.25) is 17.4 Å². The summed E-state index contributed by atoms with van der Waals surface area (Å²) in [6.45, 7) is 0. The molecule has 24 heavy (non-hydrogen) atoms. The van der Waals surface area contributed by atoms with Gasteiger partial charge in [-0.05, 0) is 48.6 Å². The van der Waals surface area contributed by atoms with Crippen molar-refractivity contribution in [3.05, 3.63) is 59.6 Å². The van der Waals surface area contributed by atoms with Crippen LogP contribution in [0.5, 0.6) is 11.5 Å². The Morgan fingerprint density at radius 1 is 1.12 bits per heavy atom. The number of hydrogen-bond acceptors (Lipinski definition) is 5. The van der Waals surface area contributed by atoms with Crippen molar-refractivity contribution in [2.45, 2.75) is 0 Å². The van der Waals surface area contributed by atoms with E-state index in [0.29, 0.717) is 10.6 Å². The molecule has 0 radical (unpaired) electrons. The minimum atomic E-state index is -0.230. The van der Waals surface area contributed by atoms with E-state index in [4.69, 9.17) is 38.7 Å². The summed E-state index contributed by atoms with van der Waals surface area (Å²) in [7, 11) is 0. The first-order valence-electron chi connectivity index (χ1n) is 6.95. The van der Waals surface area contributed by atoms with Gasteiger partial charge in [-0.15, -0.1) is 0 Å². The molecule has 0 spiro atoms. The van der Waals surface area contributed by atoms with Crippen LogP contribution in [0.25, 0.3) is 11.3 Å². The van der Waals surface area contributed by atoms with E-state index < -0.39 is 0 Å². The molecule has 0 saturated heterocycles. The zero-order chi connectivity index (χ0) is 17.1. The number of nitrogens with one attached hydrogen (secondary N) is 1. The first-order valence-corrected chi connectivity index (χ1v) is 7.74. The summed E-state index contributed by atoms with van der Waals surface area (Å²) in [5.74, 6) is -0.156. The molecule has 2 aromatic carbocycles. The lowest BCUT2D eigenvalue weighted by molar-refractivity contribution is 0.441. The van der Waals surface area contributed by atoms with Gasteiger partial charge in [0.15, 0.2) is 5.76 Å². The maximum Gasteiger partial charge on any atom is 0.267 e. The van der Waals surface area contributed by atoms with E-state index in [-0.39, 0.29) is 28.3 Å². The fourth-order valence-electron chi connectivity index (χ4n) is 2.08. The molecule has 0 aliphatic rings. The van der Waals surface area contributed by atoms with E-state index in [0.717, 1.165) is 5.69 Å². The van der Waals surface area contributed by atoms with E-state index in [1.54, 1.807) is 24.3 Å². The lowest BCUT2D eigenvalue weighted by Gasteiger charge is -2.08. The molecule has 3 aromatic rings. The van der Waals surface area contributed by atoms with Gasteiger partial charge >= 0.3 is 0 Å². The SMILES string of the molecule is Nc1oc(-c2ccc(Cl)cc2)c(O)c1OC(=S)Nc1ccccc1. The van der Waals surface area contributed by atoms with E-state index in [1.165, 1.54) is 0 Å². The van der Waals surface area contributed by atoms with Crippen molar-refractivity contribution in [3.8, 4) is 22.8 Å². The molecule has 5 nitrogen and oxygen atoms in total. The van der Waals surface area contributed by atoms with Gasteiger partial charge in [0.1, 0.15) is 0 Å². The van der Waals surface area contributed by atoms with Gasteiger partial charge in [-0.1, -0.05) is 29.8 Å². The van der Waals surface area contributed by atoms with Gasteiger partial charge < -0.3 is 25.3 Å². The van der Waals surface area contributed by atoms with Crippen LogP contribution in [-0.2, 0) is 0 Å². The predicted octanol–water partition coefficient (Wildman–Crippen LogP) is 4.66. The highest BCUT2D eigenvalue weighted by molar-refractivity contribution is 7.80. The van der Waals surface area contributed by atoms with Crippen LogP contribution in [0, 0.1) is 0 Å². The van der Waals surface area contributed by atoms with E-state index in [9.17, 15) is 5.11 Å². The topological polar surface area (TPSA) is 80.7 Å². The molecule has 0 aliphatic heterocycles. The molecule has 0 unspecified atom stereocenters. The van der Waals surface area contributed by atoms with Crippen molar-refractivity contribution in [2.75, 3.05) is 11.1 Å². The number of benzene rings is 2. The second-order valence-corrected chi connectivity index (χ2v) is 5.67. The minimum absolute atomic E-state index is 0.0339. The van der Waals surface area contributed by atoms with Crippen LogP contribution < -0.4 is 15.8 Å². The standard InChI is InChI=1S/C17H13ClN2O3S/c18-11-8-6-10(7-9-11)14-13(21)15(16(19)22-14)23-17(24)20-12-4-2-1-3-5-12/h1-9,21H,19H2,(H,20,24). The molecule has 0 amide bonds. The lowest BCUT2D eigenvalue weighted by Crippen LogP contribution is -2.16. The number of aromatic hydroxyl groups is 1. The fourth-order valence-corrected chi connectivity index (χ4v) is 2.40. The number of anilines is 2. The quantitative estimate of drug-likeness (QED) is 0.589. The molecule has 1 aromatic heterocycles. The van der Waals surface area contributed by atoms with E-state index in [1.807, 2.05) is 30.3 Å². The highest BCUT2D eigenvalue weighted by Gasteiger charge is 2.22. The number of thiocarbonyl (C=S) groups is 1. The zero-order valence-electron chi connectivity index (χ0n) is 12.3. The Bertz CT molecular complexity index is 864. The Morgan fingerprint density at radius 2 is 1.79 bits per heavy atom. The second-order valence-electron chi connectivity index (χ2n) is 4.86. The fraction of sp³-hybridized carbons (Fsp3) is 0. The summed E-state index contributed by atoms with van der Waals surface area (Å²) >= 11 is 11.0. The summed E-state index contributed by atoms with van der Waals surface area (Å²) in [6.07, 6.45) is 0. The maximum absolute atomic E-state index is 10.3. The van der Waals surface area contributed by atoms with Gasteiger partial charge in [-0.25, -0.2) is 0 Å². The van der Waals surface area contributed by atoms with Crippen molar-refractivity contribution in [1.29, 1.82) is 0 Å². The highest BCUT2D eigenvalue weighted by Crippen LogP contribution is 2.44. The number of nitrogen functional groups attached to an aromatic ring is 1. The Kier molecular flexibility index (Phi) is 4.59. The molecule has 0 aliphatic carbocycles. The van der Waals surface area contributed by atoms with Crippen molar-refractivity contribution >= 4 is 40.6 Å². The first kappa shape index (κ1) is 16.2. The summed E-state index contributed by atoms with van der Waals surface area (Å²) in [6, 6.07) is 16.0. The number of rotatable bonds is 3. The van der Waals surface area contributed by atoms with Gasteiger partial charge in [-0.2, -0.15) is 0 Å². The first-order chi connectivity index (χ1) is 11.5. The summed E-state index contributed by atoms with van der Waals surface area (Å²) in [4.78, 5) is 0. The van der Waals surface area contributed by atoms with Crippen LogP contribution in [0.2, 0.25) is 5.02 Å². The highest BCUT2D eigenvalue weighted by atomic mass is 35.5. The largest absolute Gasteiger partial charge is 0.502 e. The molecule has 0 fully saturated rings. The predicted molar refractivity (Wildman–Crippen MR) is 98.5 cm³/mol. The van der Waals surface area contributed by atoms with Crippen LogP contribution in [0.4, 0.5) is 11.6 Å². The number of hydrogen-bond donors (Lipinski definition) is 3. The molecule has 0 atom stereocenters. The third-order valence-corrected chi connectivity index (χ3v) is 3.62. The zero-order valence-corrected chi connectivity index (χ0v) is 13.9. The third kappa shape index (κ3) is 3.45. The number of halogens is 1. The average Bonchev–Trinajstić information content (AvgIpc) is 2.85. The molecular weight excluding hydrogens is 348 g/mol. The van der Waals surface area contributed by atoms with Crippen LogP contribution in [0.15, 0.2) is 59.0 Å². The lowest BCUT2D eigenvalue weighted by atomic mass is 10.1. The Morgan fingerprint density at radius 3 is 2.46 bits per heavy atom. The number of nitrogens with two attached hydrogens (primary N) is 1. The molecule has 122 valence electrons. The van der Waals surface area contributed by atoms with Crippen molar-refractivity contribution in [2.24, 2.45) is 0 Å². The molecule has 4 N–H and O–H groups in total. The molecular formula is C17H13ClN2O3S. The van der Waals surface area contributed by atoms with Gasteiger partial charge in [0.05, 0.1) is 0 Å². The summed E-state index contributed by atoms with van der Waals surface area (Å²) in [5, 5.41) is 13.8. The molecule has 3 rings (SSSR count). The monoisotopic (exact) mass is 360 g/mol. The number of para-hydroxylation sites is 1. The van der Waals surface area contributed by atoms with Crippen molar-refractivity contribution < 1.29 is 14.3 Å². The van der Waals surface area contributed by atoms with Crippen LogP contribution in [0.3, 0.4) is 0 Å². The Balaban J connectivity index is 1.81. The molecule has 0 bridgehead atoms. The van der Waals surface area contributed by atoms with Crippen LogP contribution in [0.1, 0.15) is 0 Å². The van der Waals surface area contributed by atoms with Gasteiger partial charge in [0.25, 0.3) is 5.17 Å². The summed E-state index contributed by atoms with van der Waals surface area (Å²) in [5.41, 5.74) is 7.15. The average molecular weight is 361 g/mol. The number of furan rings is 1.